The third kappa shape index (κ3) is 1.20. The van der Waals surface area contributed by atoms with Crippen molar-refractivity contribution in [3.8, 4) is 0 Å². The summed E-state index contributed by atoms with van der Waals surface area (Å²) in [6.45, 7) is 0. The molecule has 0 saturated carbocycles. The molecule has 0 saturated heterocycles. The Hall–Kier alpha value is -1.69. The number of halogens is 1. The maximum absolute atomic E-state index is 10.7. The Kier molecular flexibility index (Phi) is 1.63. The fourth-order valence-corrected chi connectivity index (χ4v) is 1.14. The smallest absolute Gasteiger partial charge is 0.339 e. The quantitative estimate of drug-likeness (QED) is 0.721. The van der Waals surface area contributed by atoms with E-state index in [-0.39, 0.29) is 16.4 Å². The van der Waals surface area contributed by atoms with Gasteiger partial charge in [0.1, 0.15) is 11.9 Å². The number of hydrogen-bond donors (Lipinski definition) is 1. The summed E-state index contributed by atoms with van der Waals surface area (Å²) in [4.78, 5) is 10.7. The Labute approximate surface area is 76.8 Å². The van der Waals surface area contributed by atoms with Crippen molar-refractivity contribution in [3.63, 3.8) is 0 Å². The lowest BCUT2D eigenvalue weighted by atomic mass is 10.3. The lowest BCUT2D eigenvalue weighted by Gasteiger charge is -1.96. The predicted molar refractivity (Wildman–Crippen MR) is 42.8 cm³/mol. The first-order valence-electron chi connectivity index (χ1n) is 3.28. The highest BCUT2D eigenvalue weighted by molar-refractivity contribution is 6.29. The zero-order valence-corrected chi connectivity index (χ0v) is 6.93. The van der Waals surface area contributed by atoms with Gasteiger partial charge in [0, 0.05) is 0 Å². The number of aromatic nitrogens is 4. The minimum atomic E-state index is -1.11. The van der Waals surface area contributed by atoms with E-state index in [0.29, 0.717) is 0 Å². The maximum Gasteiger partial charge on any atom is 0.339 e. The van der Waals surface area contributed by atoms with Crippen molar-refractivity contribution in [2.45, 2.75) is 0 Å². The molecule has 1 N–H and O–H groups in total. The van der Waals surface area contributed by atoms with Crippen LogP contribution in [0.15, 0.2) is 12.4 Å². The van der Waals surface area contributed by atoms with Gasteiger partial charge < -0.3 is 5.11 Å². The Bertz CT molecular complexity index is 480. The molecule has 0 amide bonds. The Morgan fingerprint density at radius 3 is 3.08 bits per heavy atom. The summed E-state index contributed by atoms with van der Waals surface area (Å²) in [5.74, 6) is -1.11. The van der Waals surface area contributed by atoms with Crippen molar-refractivity contribution in [3.05, 3.63) is 23.1 Å². The Balaban J connectivity index is 2.84. The van der Waals surface area contributed by atoms with Crippen LogP contribution in [0.1, 0.15) is 10.4 Å². The summed E-state index contributed by atoms with van der Waals surface area (Å²) in [6, 6.07) is 1.23. The standard InChI is InChI=1S/C6H3ClN4O2/c7-4-1-3(6(12)13)5-9-8-2-11(5)10-4/h1-2H,(H,12,13). The third-order valence-electron chi connectivity index (χ3n) is 1.47. The molecule has 2 rings (SSSR count). The molecule has 2 heterocycles. The van der Waals surface area contributed by atoms with Gasteiger partial charge in [0.2, 0.25) is 0 Å². The molecule has 0 bridgehead atoms. The van der Waals surface area contributed by atoms with E-state index in [1.807, 2.05) is 0 Å². The number of carboxylic acids is 1. The van der Waals surface area contributed by atoms with Crippen LogP contribution in [-0.2, 0) is 0 Å². The highest BCUT2D eigenvalue weighted by Crippen LogP contribution is 2.11. The van der Waals surface area contributed by atoms with Gasteiger partial charge in [-0.15, -0.1) is 10.2 Å². The van der Waals surface area contributed by atoms with Crippen molar-refractivity contribution < 1.29 is 9.90 Å². The number of carboxylic acid groups (broad SMARTS) is 1. The summed E-state index contributed by atoms with van der Waals surface area (Å²) in [6.07, 6.45) is 1.29. The molecule has 7 heteroatoms. The number of aromatic carboxylic acids is 1. The summed E-state index contributed by atoms with van der Waals surface area (Å²) in [5.41, 5.74) is 0.161. The van der Waals surface area contributed by atoms with Crippen molar-refractivity contribution >= 4 is 23.2 Å². The number of carbonyl (C=O) groups is 1. The van der Waals surface area contributed by atoms with Gasteiger partial charge >= 0.3 is 5.97 Å². The second-order valence-corrected chi connectivity index (χ2v) is 2.67. The molecule has 0 aliphatic heterocycles. The van der Waals surface area contributed by atoms with Gasteiger partial charge in [-0.3, -0.25) is 0 Å². The first-order chi connectivity index (χ1) is 6.18. The van der Waals surface area contributed by atoms with Crippen molar-refractivity contribution in [2.75, 3.05) is 0 Å². The lowest BCUT2D eigenvalue weighted by Crippen LogP contribution is -2.03. The van der Waals surface area contributed by atoms with Gasteiger partial charge in [-0.2, -0.15) is 9.61 Å². The first-order valence-corrected chi connectivity index (χ1v) is 3.66. The van der Waals surface area contributed by atoms with Crippen LogP contribution in [0.25, 0.3) is 5.65 Å². The highest BCUT2D eigenvalue weighted by atomic mass is 35.5. The van der Waals surface area contributed by atoms with Crippen LogP contribution in [0.3, 0.4) is 0 Å². The second kappa shape index (κ2) is 2.67. The average Bonchev–Trinajstić information content (AvgIpc) is 2.49. The zero-order valence-electron chi connectivity index (χ0n) is 6.18. The number of nitrogens with zero attached hydrogens (tertiary/aromatic N) is 4. The number of hydrogen-bond acceptors (Lipinski definition) is 4. The van der Waals surface area contributed by atoms with Crippen molar-refractivity contribution in [2.24, 2.45) is 0 Å². The minimum Gasteiger partial charge on any atom is -0.478 e. The van der Waals surface area contributed by atoms with Gasteiger partial charge in [-0.1, -0.05) is 11.6 Å². The molecule has 0 unspecified atom stereocenters. The molecule has 0 aliphatic rings. The van der Waals surface area contributed by atoms with Gasteiger partial charge in [-0.25, -0.2) is 4.79 Å². The number of fused-ring (bicyclic) bond motifs is 1. The predicted octanol–water partition coefficient (Wildman–Crippen LogP) is 0.476. The van der Waals surface area contributed by atoms with Crippen molar-refractivity contribution in [1.82, 2.24) is 19.8 Å². The molecule has 0 aromatic carbocycles. The summed E-state index contributed by atoms with van der Waals surface area (Å²) in [7, 11) is 0. The molecular weight excluding hydrogens is 196 g/mol. The molecule has 66 valence electrons. The van der Waals surface area contributed by atoms with E-state index in [1.54, 1.807) is 0 Å². The van der Waals surface area contributed by atoms with Gasteiger partial charge in [0.15, 0.2) is 10.8 Å². The Morgan fingerprint density at radius 1 is 1.62 bits per heavy atom. The molecule has 0 radical (unpaired) electrons. The summed E-state index contributed by atoms with van der Waals surface area (Å²) in [5, 5.41) is 19.7. The van der Waals surface area contributed by atoms with Crippen LogP contribution in [0.2, 0.25) is 5.15 Å². The van der Waals surface area contributed by atoms with Gasteiger partial charge in [0.05, 0.1) is 0 Å². The van der Waals surface area contributed by atoms with E-state index in [1.165, 1.54) is 16.9 Å². The molecule has 2 aromatic heterocycles. The van der Waals surface area contributed by atoms with Crippen LogP contribution >= 0.6 is 11.6 Å². The summed E-state index contributed by atoms with van der Waals surface area (Å²) >= 11 is 5.57. The molecule has 13 heavy (non-hydrogen) atoms. The van der Waals surface area contributed by atoms with Crippen molar-refractivity contribution in [1.29, 1.82) is 0 Å². The Morgan fingerprint density at radius 2 is 2.38 bits per heavy atom. The van der Waals surface area contributed by atoms with E-state index in [4.69, 9.17) is 16.7 Å². The van der Waals surface area contributed by atoms with E-state index in [2.05, 4.69) is 15.3 Å². The highest BCUT2D eigenvalue weighted by Gasteiger charge is 2.12. The van der Waals surface area contributed by atoms with Crippen LogP contribution in [0, 0.1) is 0 Å². The first kappa shape index (κ1) is 7.93. The van der Waals surface area contributed by atoms with Crippen LogP contribution < -0.4 is 0 Å². The molecule has 0 fully saturated rings. The lowest BCUT2D eigenvalue weighted by molar-refractivity contribution is 0.0698. The molecule has 0 spiro atoms. The van der Waals surface area contributed by atoms with E-state index in [9.17, 15) is 4.79 Å². The zero-order chi connectivity index (χ0) is 9.42. The molecule has 0 aliphatic carbocycles. The van der Waals surface area contributed by atoms with Crippen LogP contribution in [0.5, 0.6) is 0 Å². The van der Waals surface area contributed by atoms with E-state index >= 15 is 0 Å². The van der Waals surface area contributed by atoms with Crippen LogP contribution in [0.4, 0.5) is 0 Å². The van der Waals surface area contributed by atoms with Crippen LogP contribution in [-0.4, -0.2) is 30.9 Å². The molecular formula is C6H3ClN4O2. The van der Waals surface area contributed by atoms with E-state index < -0.39 is 5.97 Å². The monoisotopic (exact) mass is 198 g/mol. The summed E-state index contributed by atoms with van der Waals surface area (Å²) < 4.78 is 1.21. The third-order valence-corrected chi connectivity index (χ3v) is 1.65. The second-order valence-electron chi connectivity index (χ2n) is 2.29. The topological polar surface area (TPSA) is 80.4 Å². The van der Waals surface area contributed by atoms with Gasteiger partial charge in [-0.05, 0) is 6.07 Å². The van der Waals surface area contributed by atoms with Gasteiger partial charge in [0.25, 0.3) is 0 Å². The average molecular weight is 199 g/mol. The normalized spacial score (nSPS) is 10.5. The SMILES string of the molecule is O=C(O)c1cc(Cl)nn2cnnc12. The van der Waals surface area contributed by atoms with E-state index in [0.717, 1.165) is 0 Å². The largest absolute Gasteiger partial charge is 0.478 e. The fraction of sp³-hybridized carbons (Fsp3) is 0. The molecule has 2 aromatic rings. The fourth-order valence-electron chi connectivity index (χ4n) is 0.953. The molecule has 6 nitrogen and oxygen atoms in total. The maximum atomic E-state index is 10.7. The minimum absolute atomic E-state index is 0.0162. The molecule has 0 atom stereocenters. The number of rotatable bonds is 1.